The predicted octanol–water partition coefficient (Wildman–Crippen LogP) is 2.19. The first kappa shape index (κ1) is 15.4. The molecule has 1 saturated heterocycles. The fraction of sp³-hybridized carbons (Fsp3) is 0.500. The Balaban J connectivity index is 1.86. The van der Waals surface area contributed by atoms with Crippen molar-refractivity contribution in [1.29, 1.82) is 0 Å². The number of primary amides is 1. The molecule has 2 rings (SSSR count). The van der Waals surface area contributed by atoms with Crippen molar-refractivity contribution in [2.24, 2.45) is 11.7 Å². The molecule has 1 aliphatic heterocycles. The highest BCUT2D eigenvalue weighted by molar-refractivity contribution is 5.92. The summed E-state index contributed by atoms with van der Waals surface area (Å²) >= 11 is 0. The van der Waals surface area contributed by atoms with Crippen molar-refractivity contribution < 1.29 is 14.3 Å². The van der Waals surface area contributed by atoms with Crippen LogP contribution in [0.15, 0.2) is 24.3 Å². The molecule has 5 nitrogen and oxygen atoms in total. The molecule has 2 amide bonds. The minimum Gasteiger partial charge on any atom is -0.447 e. The van der Waals surface area contributed by atoms with Crippen LogP contribution in [0.5, 0.6) is 0 Å². The number of hydrogen-bond acceptors (Lipinski definition) is 3. The monoisotopic (exact) mass is 290 g/mol. The quantitative estimate of drug-likeness (QED) is 0.873. The molecular weight excluding hydrogens is 268 g/mol. The highest BCUT2D eigenvalue weighted by atomic mass is 16.6. The van der Waals surface area contributed by atoms with Gasteiger partial charge < -0.3 is 15.4 Å². The summed E-state index contributed by atoms with van der Waals surface area (Å²) in [4.78, 5) is 24.5. The zero-order valence-corrected chi connectivity index (χ0v) is 12.5. The van der Waals surface area contributed by atoms with Gasteiger partial charge in [0.1, 0.15) is 6.61 Å². The van der Waals surface area contributed by atoms with Crippen LogP contribution in [0, 0.1) is 5.92 Å². The van der Waals surface area contributed by atoms with E-state index in [-0.39, 0.29) is 12.1 Å². The van der Waals surface area contributed by atoms with Crippen molar-refractivity contribution >= 4 is 12.0 Å². The van der Waals surface area contributed by atoms with E-state index < -0.39 is 5.91 Å². The minimum absolute atomic E-state index is 0.176. The number of nitrogens with zero attached hydrogens (tertiary/aromatic N) is 1. The van der Waals surface area contributed by atoms with E-state index in [1.807, 2.05) is 17.0 Å². The Morgan fingerprint density at radius 3 is 2.62 bits per heavy atom. The van der Waals surface area contributed by atoms with Crippen LogP contribution >= 0.6 is 0 Å². The highest BCUT2D eigenvalue weighted by Gasteiger charge is 2.34. The lowest BCUT2D eigenvalue weighted by molar-refractivity contribution is 0.1000. The molecule has 2 N–H and O–H groups in total. The molecule has 0 aliphatic carbocycles. The van der Waals surface area contributed by atoms with E-state index in [1.165, 1.54) is 0 Å². The first-order valence-corrected chi connectivity index (χ1v) is 7.31. The van der Waals surface area contributed by atoms with E-state index in [0.29, 0.717) is 24.6 Å². The second-order valence-corrected chi connectivity index (χ2v) is 5.75. The van der Waals surface area contributed by atoms with Gasteiger partial charge >= 0.3 is 6.09 Å². The molecule has 5 heteroatoms. The number of ether oxygens (including phenoxy) is 1. The van der Waals surface area contributed by atoms with Gasteiger partial charge in [-0.2, -0.15) is 0 Å². The minimum atomic E-state index is -0.416. The molecule has 1 fully saturated rings. The largest absolute Gasteiger partial charge is 0.447 e. The van der Waals surface area contributed by atoms with Crippen LogP contribution in [0.3, 0.4) is 0 Å². The topological polar surface area (TPSA) is 72.6 Å². The molecule has 1 heterocycles. The summed E-state index contributed by atoms with van der Waals surface area (Å²) in [6.07, 6.45) is 1.51. The number of amides is 2. The van der Waals surface area contributed by atoms with Crippen molar-refractivity contribution in [2.75, 3.05) is 13.2 Å². The van der Waals surface area contributed by atoms with Gasteiger partial charge in [-0.15, -0.1) is 0 Å². The van der Waals surface area contributed by atoms with Gasteiger partial charge in [-0.25, -0.2) is 4.79 Å². The van der Waals surface area contributed by atoms with E-state index in [4.69, 9.17) is 10.5 Å². The number of cyclic esters (lactones) is 1. The van der Waals surface area contributed by atoms with E-state index >= 15 is 0 Å². The molecule has 0 bridgehead atoms. The number of rotatable bonds is 6. The van der Waals surface area contributed by atoms with Gasteiger partial charge in [0.05, 0.1) is 6.04 Å². The Morgan fingerprint density at radius 1 is 1.38 bits per heavy atom. The highest BCUT2D eigenvalue weighted by Crippen LogP contribution is 2.20. The molecule has 0 spiro atoms. The third-order valence-corrected chi connectivity index (χ3v) is 3.88. The Morgan fingerprint density at radius 2 is 2.05 bits per heavy atom. The number of aryl methyl sites for hydroxylation is 1. The van der Waals surface area contributed by atoms with Crippen molar-refractivity contribution in [3.63, 3.8) is 0 Å². The van der Waals surface area contributed by atoms with Gasteiger partial charge in [0.25, 0.3) is 0 Å². The van der Waals surface area contributed by atoms with Crippen LogP contribution in [0.4, 0.5) is 4.79 Å². The molecule has 21 heavy (non-hydrogen) atoms. The second kappa shape index (κ2) is 6.61. The predicted molar refractivity (Wildman–Crippen MR) is 80.0 cm³/mol. The summed E-state index contributed by atoms with van der Waals surface area (Å²) in [7, 11) is 0. The average molecular weight is 290 g/mol. The molecule has 1 atom stereocenters. The molecule has 0 aromatic heterocycles. The summed E-state index contributed by atoms with van der Waals surface area (Å²) in [6, 6.07) is 7.46. The molecule has 1 aromatic carbocycles. The molecular formula is C16H22N2O3. The average Bonchev–Trinajstić information content (AvgIpc) is 2.81. The number of carbonyl (C=O) groups excluding carboxylic acids is 2. The normalized spacial score (nSPS) is 18.1. The van der Waals surface area contributed by atoms with Gasteiger partial charge in [0.15, 0.2) is 0 Å². The van der Waals surface area contributed by atoms with Gasteiger partial charge in [0.2, 0.25) is 5.91 Å². The Hall–Kier alpha value is -2.04. The Kier molecular flexibility index (Phi) is 4.83. The van der Waals surface area contributed by atoms with E-state index in [2.05, 4.69) is 13.8 Å². The summed E-state index contributed by atoms with van der Waals surface area (Å²) in [5, 5.41) is 0. The van der Waals surface area contributed by atoms with Crippen LogP contribution in [0.1, 0.15) is 36.2 Å². The summed E-state index contributed by atoms with van der Waals surface area (Å²) in [5.74, 6) is -0.0209. The van der Waals surface area contributed by atoms with Crippen LogP contribution in [-0.4, -0.2) is 36.1 Å². The van der Waals surface area contributed by atoms with Gasteiger partial charge in [-0.3, -0.25) is 4.79 Å². The molecule has 1 aromatic rings. The maximum absolute atomic E-state index is 11.7. The molecule has 0 saturated carbocycles. The van der Waals surface area contributed by atoms with E-state index in [9.17, 15) is 9.59 Å². The Bertz CT molecular complexity index is 511. The SMILES string of the molecule is CC(C)C1COC(=O)N1CCCc1ccc(C(N)=O)cc1. The number of hydrogen-bond donors (Lipinski definition) is 1. The van der Waals surface area contributed by atoms with Crippen molar-refractivity contribution in [1.82, 2.24) is 4.90 Å². The lowest BCUT2D eigenvalue weighted by atomic mass is 10.0. The first-order valence-electron chi connectivity index (χ1n) is 7.31. The van der Waals surface area contributed by atoms with Crippen LogP contribution in [0.2, 0.25) is 0 Å². The van der Waals surface area contributed by atoms with Gasteiger partial charge in [0, 0.05) is 12.1 Å². The lowest BCUT2D eigenvalue weighted by Crippen LogP contribution is -2.37. The summed E-state index contributed by atoms with van der Waals surface area (Å²) < 4.78 is 5.12. The van der Waals surface area contributed by atoms with Crippen molar-refractivity contribution in [3.05, 3.63) is 35.4 Å². The maximum atomic E-state index is 11.7. The molecule has 1 aliphatic rings. The second-order valence-electron chi connectivity index (χ2n) is 5.75. The zero-order chi connectivity index (χ0) is 15.4. The summed E-state index contributed by atoms with van der Waals surface area (Å²) in [6.45, 7) is 5.38. The number of nitrogens with two attached hydrogens (primary N) is 1. The number of benzene rings is 1. The fourth-order valence-electron chi connectivity index (χ4n) is 2.56. The van der Waals surface area contributed by atoms with Crippen LogP contribution < -0.4 is 5.73 Å². The molecule has 1 unspecified atom stereocenters. The lowest BCUT2D eigenvalue weighted by Gasteiger charge is -2.24. The van der Waals surface area contributed by atoms with E-state index in [0.717, 1.165) is 18.4 Å². The third-order valence-electron chi connectivity index (χ3n) is 3.88. The van der Waals surface area contributed by atoms with Crippen molar-refractivity contribution in [2.45, 2.75) is 32.7 Å². The van der Waals surface area contributed by atoms with Crippen molar-refractivity contribution in [3.8, 4) is 0 Å². The fourth-order valence-corrected chi connectivity index (χ4v) is 2.56. The van der Waals surface area contributed by atoms with Crippen LogP contribution in [0.25, 0.3) is 0 Å². The number of carbonyl (C=O) groups is 2. The van der Waals surface area contributed by atoms with Crippen LogP contribution in [-0.2, 0) is 11.2 Å². The summed E-state index contributed by atoms with van der Waals surface area (Å²) in [5.41, 5.74) is 6.86. The molecule has 0 radical (unpaired) electrons. The van der Waals surface area contributed by atoms with Gasteiger partial charge in [-0.05, 0) is 36.5 Å². The zero-order valence-electron chi connectivity index (χ0n) is 12.5. The van der Waals surface area contributed by atoms with E-state index in [1.54, 1.807) is 12.1 Å². The third kappa shape index (κ3) is 3.74. The Labute approximate surface area is 125 Å². The molecule has 114 valence electrons. The van der Waals surface area contributed by atoms with Gasteiger partial charge in [-0.1, -0.05) is 26.0 Å². The standard InChI is InChI=1S/C16H22N2O3/c1-11(2)14-10-21-16(20)18(14)9-3-4-12-5-7-13(8-6-12)15(17)19/h5-8,11,14H,3-4,9-10H2,1-2H3,(H2,17,19). The smallest absolute Gasteiger partial charge is 0.410 e. The maximum Gasteiger partial charge on any atom is 0.410 e. The first-order chi connectivity index (χ1) is 9.99.